The molecule has 3 aromatic rings. The molecule has 0 atom stereocenters. The van der Waals surface area contributed by atoms with Crippen LogP contribution in [-0.4, -0.2) is 12.3 Å². The predicted molar refractivity (Wildman–Crippen MR) is 87.0 cm³/mol. The Hall–Kier alpha value is -3.22. The van der Waals surface area contributed by atoms with Gasteiger partial charge in [-0.2, -0.15) is 0 Å². The zero-order valence-electron chi connectivity index (χ0n) is 12.7. The van der Waals surface area contributed by atoms with Gasteiger partial charge in [0.15, 0.2) is 5.75 Å². The fourth-order valence-electron chi connectivity index (χ4n) is 2.20. The van der Waals surface area contributed by atoms with Crippen molar-refractivity contribution in [1.82, 2.24) is 0 Å². The first-order chi connectivity index (χ1) is 11.9. The molecule has 0 aliphatic heterocycles. The molecule has 1 N–H and O–H groups in total. The van der Waals surface area contributed by atoms with E-state index in [9.17, 15) is 18.0 Å². The summed E-state index contributed by atoms with van der Waals surface area (Å²) in [4.78, 5) is 11.9. The van der Waals surface area contributed by atoms with E-state index >= 15 is 0 Å². The smallest absolute Gasteiger partial charge is 0.457 e. The number of para-hydroxylation sites is 3. The van der Waals surface area contributed by atoms with Crippen LogP contribution in [0.1, 0.15) is 5.76 Å². The Morgan fingerprint density at radius 2 is 1.80 bits per heavy atom. The molecule has 0 aliphatic rings. The maximum Gasteiger partial charge on any atom is 0.573 e. The van der Waals surface area contributed by atoms with Crippen molar-refractivity contribution in [2.24, 2.45) is 0 Å². The number of nitrogens with one attached hydrogen (secondary N) is 1. The van der Waals surface area contributed by atoms with Crippen LogP contribution in [-0.2, 0) is 4.79 Å². The molecule has 0 saturated heterocycles. The van der Waals surface area contributed by atoms with Gasteiger partial charge >= 0.3 is 6.36 Å². The van der Waals surface area contributed by atoms with E-state index in [1.54, 1.807) is 12.1 Å². The first kappa shape index (κ1) is 16.6. The lowest BCUT2D eigenvalue weighted by Crippen LogP contribution is -2.19. The van der Waals surface area contributed by atoms with Gasteiger partial charge in [-0.3, -0.25) is 4.79 Å². The van der Waals surface area contributed by atoms with Crippen molar-refractivity contribution in [2.75, 3.05) is 5.32 Å². The van der Waals surface area contributed by atoms with E-state index in [2.05, 4.69) is 10.1 Å². The molecule has 4 nitrogen and oxygen atoms in total. The highest BCUT2D eigenvalue weighted by Gasteiger charge is 2.32. The molecule has 0 radical (unpaired) electrons. The average Bonchev–Trinajstić information content (AvgIpc) is 2.96. The molecule has 1 amide bonds. The van der Waals surface area contributed by atoms with Gasteiger partial charge in [-0.15, -0.1) is 13.2 Å². The number of carbonyl (C=O) groups excluding carboxylic acids is 1. The van der Waals surface area contributed by atoms with E-state index in [0.717, 1.165) is 11.5 Å². The van der Waals surface area contributed by atoms with E-state index in [-0.39, 0.29) is 5.69 Å². The number of rotatable bonds is 4. The topological polar surface area (TPSA) is 51.5 Å². The summed E-state index contributed by atoms with van der Waals surface area (Å²) in [5.74, 6) is -0.643. The number of furan rings is 1. The third kappa shape index (κ3) is 4.41. The average molecular weight is 347 g/mol. The van der Waals surface area contributed by atoms with Crippen molar-refractivity contribution in [3.8, 4) is 5.75 Å². The molecular weight excluding hydrogens is 335 g/mol. The molecule has 7 heteroatoms. The quantitative estimate of drug-likeness (QED) is 0.677. The number of halogens is 3. The Morgan fingerprint density at radius 3 is 2.56 bits per heavy atom. The number of ether oxygens (including phenoxy) is 1. The summed E-state index contributed by atoms with van der Waals surface area (Å²) >= 11 is 0. The standard InChI is InChI=1S/C18H12F3NO3/c19-18(20,21)25-16-8-4-2-6-14(16)22-17(23)10-9-13-11-12-5-1-3-7-15(12)24-13/h1-11H,(H,22,23)/b10-9+. The normalized spacial score (nSPS) is 11.8. The first-order valence-electron chi connectivity index (χ1n) is 7.23. The second-order valence-corrected chi connectivity index (χ2v) is 5.05. The number of hydrogen-bond donors (Lipinski definition) is 1. The van der Waals surface area contributed by atoms with Crippen LogP contribution in [0.2, 0.25) is 0 Å². The first-order valence-corrected chi connectivity index (χ1v) is 7.23. The summed E-state index contributed by atoms with van der Waals surface area (Å²) in [5, 5.41) is 3.23. The van der Waals surface area contributed by atoms with Crippen LogP contribution in [0.3, 0.4) is 0 Å². The lowest BCUT2D eigenvalue weighted by Gasteiger charge is -2.12. The van der Waals surface area contributed by atoms with Gasteiger partial charge < -0.3 is 14.5 Å². The van der Waals surface area contributed by atoms with Gasteiger partial charge in [0.05, 0.1) is 5.69 Å². The molecule has 0 aliphatic carbocycles. The number of fused-ring (bicyclic) bond motifs is 1. The minimum Gasteiger partial charge on any atom is -0.457 e. The van der Waals surface area contributed by atoms with Crippen LogP contribution in [0.4, 0.5) is 18.9 Å². The van der Waals surface area contributed by atoms with Crippen LogP contribution < -0.4 is 10.1 Å². The monoisotopic (exact) mass is 347 g/mol. The van der Waals surface area contributed by atoms with E-state index < -0.39 is 18.0 Å². The van der Waals surface area contributed by atoms with Crippen LogP contribution in [0.15, 0.2) is 65.1 Å². The molecule has 0 unspecified atom stereocenters. The SMILES string of the molecule is O=C(/C=C/c1cc2ccccc2o1)Nc1ccccc1OC(F)(F)F. The highest BCUT2D eigenvalue weighted by Crippen LogP contribution is 2.30. The van der Waals surface area contributed by atoms with Crippen LogP contribution >= 0.6 is 0 Å². The Labute approximate surface area is 140 Å². The Balaban J connectivity index is 1.72. The minimum absolute atomic E-state index is 0.0842. The molecule has 1 heterocycles. The lowest BCUT2D eigenvalue weighted by atomic mass is 10.2. The molecule has 25 heavy (non-hydrogen) atoms. The molecule has 0 spiro atoms. The van der Waals surface area contributed by atoms with Crippen molar-refractivity contribution < 1.29 is 27.1 Å². The van der Waals surface area contributed by atoms with E-state index in [1.807, 2.05) is 18.2 Å². The van der Waals surface area contributed by atoms with Gasteiger partial charge in [-0.25, -0.2) is 0 Å². The van der Waals surface area contributed by atoms with Gasteiger partial charge in [0.1, 0.15) is 11.3 Å². The maximum absolute atomic E-state index is 12.4. The third-order valence-electron chi connectivity index (χ3n) is 3.21. The number of amides is 1. The number of anilines is 1. The fourth-order valence-corrected chi connectivity index (χ4v) is 2.20. The largest absolute Gasteiger partial charge is 0.573 e. The Kier molecular flexibility index (Phi) is 4.47. The van der Waals surface area contributed by atoms with E-state index in [1.165, 1.54) is 30.4 Å². The van der Waals surface area contributed by atoms with Crippen molar-refractivity contribution in [3.05, 3.63) is 66.4 Å². The summed E-state index contributed by atoms with van der Waals surface area (Å²) in [6, 6.07) is 14.4. The molecule has 128 valence electrons. The highest BCUT2D eigenvalue weighted by atomic mass is 19.4. The number of alkyl halides is 3. The van der Waals surface area contributed by atoms with Gasteiger partial charge in [-0.05, 0) is 30.3 Å². The van der Waals surface area contributed by atoms with E-state index in [4.69, 9.17) is 4.42 Å². The summed E-state index contributed by atoms with van der Waals surface area (Å²) < 4.78 is 46.5. The van der Waals surface area contributed by atoms with Crippen molar-refractivity contribution >= 4 is 28.6 Å². The Bertz CT molecular complexity index is 895. The second kappa shape index (κ2) is 6.72. The maximum atomic E-state index is 12.4. The second-order valence-electron chi connectivity index (χ2n) is 5.05. The zero-order chi connectivity index (χ0) is 17.9. The molecule has 0 fully saturated rings. The predicted octanol–water partition coefficient (Wildman–Crippen LogP) is 4.98. The highest BCUT2D eigenvalue weighted by molar-refractivity contribution is 6.02. The number of hydrogen-bond acceptors (Lipinski definition) is 3. The van der Waals surface area contributed by atoms with Gasteiger partial charge in [-0.1, -0.05) is 30.3 Å². The van der Waals surface area contributed by atoms with Crippen LogP contribution in [0.25, 0.3) is 17.0 Å². The molecule has 2 aromatic carbocycles. The summed E-state index contributed by atoms with van der Waals surface area (Å²) in [5.41, 5.74) is 0.588. The van der Waals surface area contributed by atoms with E-state index in [0.29, 0.717) is 11.3 Å². The number of carbonyl (C=O) groups is 1. The summed E-state index contributed by atoms with van der Waals surface area (Å²) in [6.07, 6.45) is -2.24. The van der Waals surface area contributed by atoms with Crippen molar-refractivity contribution in [3.63, 3.8) is 0 Å². The lowest BCUT2D eigenvalue weighted by molar-refractivity contribution is -0.274. The van der Waals surface area contributed by atoms with Crippen molar-refractivity contribution in [1.29, 1.82) is 0 Å². The zero-order valence-corrected chi connectivity index (χ0v) is 12.7. The molecule has 1 aromatic heterocycles. The molecule has 0 bridgehead atoms. The van der Waals surface area contributed by atoms with Crippen LogP contribution in [0.5, 0.6) is 5.75 Å². The van der Waals surface area contributed by atoms with Crippen LogP contribution in [0, 0.1) is 0 Å². The molecule has 3 rings (SSSR count). The van der Waals surface area contributed by atoms with Gasteiger partial charge in [0.2, 0.25) is 5.91 Å². The summed E-state index contributed by atoms with van der Waals surface area (Å²) in [6.45, 7) is 0. The van der Waals surface area contributed by atoms with Gasteiger partial charge in [0, 0.05) is 11.5 Å². The number of benzene rings is 2. The molecule has 0 saturated carbocycles. The minimum atomic E-state index is -4.84. The van der Waals surface area contributed by atoms with Gasteiger partial charge in [0.25, 0.3) is 0 Å². The fraction of sp³-hybridized carbons (Fsp3) is 0.0556. The Morgan fingerprint density at radius 1 is 1.08 bits per heavy atom. The third-order valence-corrected chi connectivity index (χ3v) is 3.21. The summed E-state index contributed by atoms with van der Waals surface area (Å²) in [7, 11) is 0. The molecular formula is C18H12F3NO3. The van der Waals surface area contributed by atoms with Crippen molar-refractivity contribution in [2.45, 2.75) is 6.36 Å².